The lowest BCUT2D eigenvalue weighted by Gasteiger charge is -2.43. The lowest BCUT2D eigenvalue weighted by atomic mass is 9.69. The molecule has 0 aromatic heterocycles. The molecule has 1 aliphatic heterocycles. The van der Waals surface area contributed by atoms with Crippen LogP contribution in [0.2, 0.25) is 5.04 Å². The van der Waals surface area contributed by atoms with Crippen LogP contribution in [-0.2, 0) is 18.7 Å². The van der Waals surface area contributed by atoms with Gasteiger partial charge in [-0.1, -0.05) is 87.5 Å². The van der Waals surface area contributed by atoms with Crippen molar-refractivity contribution in [1.82, 2.24) is 0 Å². The third-order valence-electron chi connectivity index (χ3n) is 7.90. The second-order valence-electron chi connectivity index (χ2n) is 11.3. The van der Waals surface area contributed by atoms with Crippen molar-refractivity contribution >= 4 is 31.1 Å². The van der Waals surface area contributed by atoms with Gasteiger partial charge >= 0.3 is 6.16 Å². The van der Waals surface area contributed by atoms with Gasteiger partial charge in [0.1, 0.15) is 12.9 Å². The summed E-state index contributed by atoms with van der Waals surface area (Å²) in [7, 11) is -2.61. The molecule has 2 atom stereocenters. The first-order valence-corrected chi connectivity index (χ1v) is 14.8. The summed E-state index contributed by atoms with van der Waals surface area (Å²) < 4.78 is 17.8. The minimum absolute atomic E-state index is 0.0858. The molecule has 0 spiro atoms. The first kappa shape index (κ1) is 26.4. The lowest BCUT2D eigenvalue weighted by molar-refractivity contribution is -0.109. The number of aldehydes is 1. The molecule has 2 aliphatic rings. The molecule has 0 radical (unpaired) electrons. The largest absolute Gasteiger partial charge is 0.509 e. The third kappa shape index (κ3) is 4.81. The standard InChI is InChI=1S/C30H38O5Si/c1-28(2,3)36(24-13-7-5-8-14-24,25-15-9-6-10-16-25)34-22-12-19-30(20-21-31)18-11-17-26(30)29(4)23-33-27(32)35-29/h5-10,13-17,21H,11-12,18-20,22-23H2,1-4H3. The Bertz CT molecular complexity index is 1050. The molecule has 1 fully saturated rings. The van der Waals surface area contributed by atoms with Crippen LogP contribution in [0.15, 0.2) is 72.3 Å². The average molecular weight is 507 g/mol. The summed E-state index contributed by atoms with van der Waals surface area (Å²) >= 11 is 0. The zero-order chi connectivity index (χ0) is 25.9. The smallest absolute Gasteiger partial charge is 0.430 e. The Morgan fingerprint density at radius 2 is 1.64 bits per heavy atom. The maximum absolute atomic E-state index is 11.8. The van der Waals surface area contributed by atoms with Gasteiger partial charge in [-0.05, 0) is 53.6 Å². The predicted octanol–water partition coefficient (Wildman–Crippen LogP) is 5.56. The van der Waals surface area contributed by atoms with Gasteiger partial charge in [-0.3, -0.25) is 0 Å². The van der Waals surface area contributed by atoms with Crippen LogP contribution in [0.4, 0.5) is 4.79 Å². The molecule has 0 N–H and O–H groups in total. The molecule has 1 aliphatic carbocycles. The highest BCUT2D eigenvalue weighted by Gasteiger charge is 2.52. The van der Waals surface area contributed by atoms with Crippen LogP contribution in [0.1, 0.15) is 59.8 Å². The number of hydrogen-bond acceptors (Lipinski definition) is 5. The Morgan fingerprint density at radius 1 is 1.03 bits per heavy atom. The second-order valence-corrected chi connectivity index (χ2v) is 15.6. The van der Waals surface area contributed by atoms with Gasteiger partial charge < -0.3 is 18.7 Å². The first-order valence-electron chi connectivity index (χ1n) is 12.9. The van der Waals surface area contributed by atoms with E-state index in [0.29, 0.717) is 13.0 Å². The van der Waals surface area contributed by atoms with E-state index in [1.54, 1.807) is 0 Å². The van der Waals surface area contributed by atoms with Crippen molar-refractivity contribution < 1.29 is 23.5 Å². The highest BCUT2D eigenvalue weighted by Crippen LogP contribution is 2.52. The molecule has 0 saturated carbocycles. The van der Waals surface area contributed by atoms with Crippen molar-refractivity contribution in [1.29, 1.82) is 0 Å². The van der Waals surface area contributed by atoms with Gasteiger partial charge in [0.25, 0.3) is 8.32 Å². The minimum atomic E-state index is -2.61. The number of hydrogen-bond donors (Lipinski definition) is 0. The highest BCUT2D eigenvalue weighted by molar-refractivity contribution is 6.99. The molecule has 192 valence electrons. The highest BCUT2D eigenvalue weighted by atomic mass is 28.4. The van der Waals surface area contributed by atoms with Gasteiger partial charge in [0, 0.05) is 18.4 Å². The summed E-state index contributed by atoms with van der Waals surface area (Å²) in [6.07, 6.45) is 6.26. The van der Waals surface area contributed by atoms with Crippen LogP contribution in [0.5, 0.6) is 0 Å². The van der Waals surface area contributed by atoms with Crippen LogP contribution in [0.25, 0.3) is 0 Å². The number of carbonyl (C=O) groups excluding carboxylic acids is 2. The van der Waals surface area contributed by atoms with E-state index >= 15 is 0 Å². The van der Waals surface area contributed by atoms with Crippen molar-refractivity contribution in [3.05, 3.63) is 72.3 Å². The van der Waals surface area contributed by atoms with E-state index in [-0.39, 0.29) is 17.1 Å². The van der Waals surface area contributed by atoms with Crippen LogP contribution < -0.4 is 10.4 Å². The van der Waals surface area contributed by atoms with Crippen molar-refractivity contribution in [3.63, 3.8) is 0 Å². The number of cyclic esters (lactones) is 2. The summed E-state index contributed by atoms with van der Waals surface area (Å²) in [5, 5.41) is 2.43. The maximum atomic E-state index is 11.8. The number of carbonyl (C=O) groups is 2. The van der Waals surface area contributed by atoms with E-state index in [2.05, 4.69) is 75.4 Å². The summed E-state index contributed by atoms with van der Waals surface area (Å²) in [6, 6.07) is 21.3. The van der Waals surface area contributed by atoms with Crippen LogP contribution >= 0.6 is 0 Å². The third-order valence-corrected chi connectivity index (χ3v) is 12.9. The zero-order valence-electron chi connectivity index (χ0n) is 21.9. The summed E-state index contributed by atoms with van der Waals surface area (Å²) in [6.45, 7) is 9.51. The lowest BCUT2D eigenvalue weighted by Crippen LogP contribution is -2.66. The zero-order valence-corrected chi connectivity index (χ0v) is 22.9. The molecule has 0 bridgehead atoms. The minimum Gasteiger partial charge on any atom is -0.430 e. The fourth-order valence-electron chi connectivity index (χ4n) is 6.32. The maximum Gasteiger partial charge on any atom is 0.509 e. The number of ether oxygens (including phenoxy) is 2. The van der Waals surface area contributed by atoms with E-state index in [9.17, 15) is 9.59 Å². The normalized spacial score (nSPS) is 24.2. The monoisotopic (exact) mass is 506 g/mol. The molecule has 1 saturated heterocycles. The molecule has 5 nitrogen and oxygen atoms in total. The molecule has 6 heteroatoms. The topological polar surface area (TPSA) is 61.8 Å². The average Bonchev–Trinajstić information content (AvgIpc) is 3.43. The Morgan fingerprint density at radius 3 is 2.14 bits per heavy atom. The van der Waals surface area contributed by atoms with Gasteiger partial charge in [0.05, 0.1) is 0 Å². The van der Waals surface area contributed by atoms with Gasteiger partial charge in [0.2, 0.25) is 0 Å². The predicted molar refractivity (Wildman–Crippen MR) is 144 cm³/mol. The Hall–Kier alpha value is -2.70. The molecular formula is C30H38O5Si. The van der Waals surface area contributed by atoms with Gasteiger partial charge in [-0.2, -0.15) is 0 Å². The van der Waals surface area contributed by atoms with E-state index in [1.165, 1.54) is 10.4 Å². The van der Waals surface area contributed by atoms with E-state index in [4.69, 9.17) is 13.9 Å². The summed E-state index contributed by atoms with van der Waals surface area (Å²) in [5.41, 5.74) is -0.118. The van der Waals surface area contributed by atoms with Crippen molar-refractivity contribution in [2.45, 2.75) is 70.4 Å². The molecule has 4 rings (SSSR count). The molecule has 2 aromatic carbocycles. The molecule has 0 amide bonds. The quantitative estimate of drug-likeness (QED) is 0.139. The first-order chi connectivity index (χ1) is 17.2. The van der Waals surface area contributed by atoms with Crippen LogP contribution in [0.3, 0.4) is 0 Å². The Labute approximate surface area is 216 Å². The number of benzene rings is 2. The van der Waals surface area contributed by atoms with Crippen LogP contribution in [-0.4, -0.2) is 39.6 Å². The fourth-order valence-corrected chi connectivity index (χ4v) is 10.9. The molecule has 2 unspecified atom stereocenters. The number of allylic oxidation sites excluding steroid dienone is 1. The van der Waals surface area contributed by atoms with Gasteiger partial charge in [-0.15, -0.1) is 0 Å². The van der Waals surface area contributed by atoms with Crippen molar-refractivity contribution in [2.24, 2.45) is 5.41 Å². The Balaban J connectivity index is 1.58. The molecular weight excluding hydrogens is 468 g/mol. The van der Waals surface area contributed by atoms with E-state index in [0.717, 1.165) is 37.5 Å². The molecule has 2 aromatic rings. The fraction of sp³-hybridized carbons (Fsp3) is 0.467. The van der Waals surface area contributed by atoms with E-state index in [1.807, 2.05) is 19.1 Å². The number of rotatable bonds is 10. The van der Waals surface area contributed by atoms with Gasteiger partial charge in [0.15, 0.2) is 5.60 Å². The van der Waals surface area contributed by atoms with Crippen LogP contribution in [0, 0.1) is 5.41 Å². The summed E-state index contributed by atoms with van der Waals surface area (Å²) in [4.78, 5) is 23.6. The molecule has 36 heavy (non-hydrogen) atoms. The summed E-state index contributed by atoms with van der Waals surface area (Å²) in [5.74, 6) is 0. The van der Waals surface area contributed by atoms with Crippen molar-refractivity contribution in [3.8, 4) is 0 Å². The Kier molecular flexibility index (Phi) is 7.58. The van der Waals surface area contributed by atoms with Crippen molar-refractivity contribution in [2.75, 3.05) is 13.2 Å². The van der Waals surface area contributed by atoms with E-state index < -0.39 is 20.1 Å². The van der Waals surface area contributed by atoms with Gasteiger partial charge in [-0.25, -0.2) is 4.79 Å². The SMILES string of the molecule is CC1(C2=CCCC2(CC=O)CCCO[Si](c2ccccc2)(c2ccccc2)C(C)(C)C)COC(=O)O1. The molecule has 1 heterocycles. The second kappa shape index (κ2) is 10.3.